The SMILES string of the molecule is CN1C(=O)C(NC(=O)c2cc(Cc3cccc(=O)[nH]3)ccn2)CCc2ccc(C#CC3(O)COC3)cc21. The van der Waals surface area contributed by atoms with Crippen LogP contribution in [0, 0.1) is 11.8 Å². The maximum atomic E-state index is 13.3. The summed E-state index contributed by atoms with van der Waals surface area (Å²) < 4.78 is 5.02. The molecule has 3 N–H and O–H groups in total. The Hall–Kier alpha value is -4.26. The molecule has 188 valence electrons. The number of aryl methyl sites for hydroxylation is 1. The first-order valence-corrected chi connectivity index (χ1v) is 12.0. The van der Waals surface area contributed by atoms with E-state index in [1.165, 1.54) is 17.2 Å². The number of ether oxygens (including phenoxy) is 1. The predicted octanol–water partition coefficient (Wildman–Crippen LogP) is 1.18. The molecule has 1 aromatic carbocycles. The topological polar surface area (TPSA) is 125 Å². The van der Waals surface area contributed by atoms with Crippen molar-refractivity contribution in [2.75, 3.05) is 25.2 Å². The Morgan fingerprint density at radius 2 is 2.08 bits per heavy atom. The van der Waals surface area contributed by atoms with Crippen molar-refractivity contribution in [3.63, 3.8) is 0 Å². The molecule has 9 heteroatoms. The minimum absolute atomic E-state index is 0.189. The van der Waals surface area contributed by atoms with Crippen LogP contribution in [-0.4, -0.2) is 58.8 Å². The van der Waals surface area contributed by atoms with Gasteiger partial charge in [0.1, 0.15) is 11.7 Å². The van der Waals surface area contributed by atoms with E-state index in [-0.39, 0.29) is 30.4 Å². The normalized spacial score (nSPS) is 18.1. The molecule has 2 amide bonds. The van der Waals surface area contributed by atoms with Crippen molar-refractivity contribution in [3.05, 3.63) is 93.2 Å². The van der Waals surface area contributed by atoms with Crippen LogP contribution in [0.1, 0.15) is 39.3 Å². The Bertz CT molecular complexity index is 1480. The van der Waals surface area contributed by atoms with E-state index in [2.05, 4.69) is 27.1 Å². The summed E-state index contributed by atoms with van der Waals surface area (Å²) in [7, 11) is 1.68. The molecule has 5 rings (SSSR count). The molecule has 1 saturated heterocycles. The molecule has 2 aliphatic rings. The number of aliphatic hydroxyl groups is 1. The Morgan fingerprint density at radius 3 is 2.84 bits per heavy atom. The van der Waals surface area contributed by atoms with Gasteiger partial charge in [-0.25, -0.2) is 0 Å². The van der Waals surface area contributed by atoms with Crippen LogP contribution >= 0.6 is 0 Å². The number of benzene rings is 1. The van der Waals surface area contributed by atoms with E-state index in [0.717, 1.165) is 22.5 Å². The Morgan fingerprint density at radius 1 is 1.24 bits per heavy atom. The molecule has 4 heterocycles. The van der Waals surface area contributed by atoms with Gasteiger partial charge in [-0.05, 0) is 54.3 Å². The molecule has 1 atom stereocenters. The lowest BCUT2D eigenvalue weighted by molar-refractivity contribution is -0.140. The van der Waals surface area contributed by atoms with Crippen LogP contribution < -0.4 is 15.8 Å². The number of pyridine rings is 2. The van der Waals surface area contributed by atoms with Crippen LogP contribution in [0.25, 0.3) is 0 Å². The lowest BCUT2D eigenvalue weighted by Crippen LogP contribution is -2.48. The number of rotatable bonds is 4. The van der Waals surface area contributed by atoms with E-state index in [1.807, 2.05) is 18.2 Å². The molecular formula is C28H26N4O5. The lowest BCUT2D eigenvalue weighted by atomic mass is 10.0. The molecule has 2 aliphatic heterocycles. The summed E-state index contributed by atoms with van der Waals surface area (Å²) in [5.41, 5.74) is 2.81. The Kier molecular flexibility index (Phi) is 6.61. The molecule has 1 unspecified atom stereocenters. The van der Waals surface area contributed by atoms with Crippen LogP contribution in [0.15, 0.2) is 59.5 Å². The third kappa shape index (κ3) is 5.45. The van der Waals surface area contributed by atoms with Crippen molar-refractivity contribution in [2.24, 2.45) is 0 Å². The zero-order valence-electron chi connectivity index (χ0n) is 20.3. The largest absolute Gasteiger partial charge is 0.373 e. The highest BCUT2D eigenvalue weighted by atomic mass is 16.5. The fourth-order valence-corrected chi connectivity index (χ4v) is 4.39. The summed E-state index contributed by atoms with van der Waals surface area (Å²) in [4.78, 5) is 46.3. The number of anilines is 1. The first-order chi connectivity index (χ1) is 17.8. The second kappa shape index (κ2) is 10.0. The molecule has 0 bridgehead atoms. The average Bonchev–Trinajstić information content (AvgIpc) is 2.98. The number of carbonyl (C=O) groups is 2. The number of carbonyl (C=O) groups excluding carboxylic acids is 2. The minimum Gasteiger partial charge on any atom is -0.373 e. The van der Waals surface area contributed by atoms with E-state index in [1.54, 1.807) is 31.3 Å². The number of aromatic nitrogens is 2. The Balaban J connectivity index is 1.29. The van der Waals surface area contributed by atoms with Crippen molar-refractivity contribution in [1.82, 2.24) is 15.3 Å². The van der Waals surface area contributed by atoms with Crippen molar-refractivity contribution in [2.45, 2.75) is 30.9 Å². The minimum atomic E-state index is -1.12. The molecule has 37 heavy (non-hydrogen) atoms. The highest BCUT2D eigenvalue weighted by molar-refractivity contribution is 6.02. The second-order valence-corrected chi connectivity index (χ2v) is 9.35. The summed E-state index contributed by atoms with van der Waals surface area (Å²) in [5.74, 6) is 5.12. The summed E-state index contributed by atoms with van der Waals surface area (Å²) in [5, 5.41) is 13.0. The number of H-pyrrole nitrogens is 1. The molecule has 3 aromatic rings. The van der Waals surface area contributed by atoms with Gasteiger partial charge in [0.15, 0.2) is 5.60 Å². The van der Waals surface area contributed by atoms with Crippen LogP contribution in [0.5, 0.6) is 0 Å². The molecule has 1 fully saturated rings. The predicted molar refractivity (Wildman–Crippen MR) is 136 cm³/mol. The number of nitrogens with one attached hydrogen (secondary N) is 2. The monoisotopic (exact) mass is 498 g/mol. The second-order valence-electron chi connectivity index (χ2n) is 9.35. The fraction of sp³-hybridized carbons (Fsp3) is 0.286. The van der Waals surface area contributed by atoms with E-state index < -0.39 is 17.6 Å². The van der Waals surface area contributed by atoms with E-state index in [0.29, 0.717) is 24.8 Å². The zero-order valence-corrected chi connectivity index (χ0v) is 20.3. The first-order valence-electron chi connectivity index (χ1n) is 12.0. The van der Waals surface area contributed by atoms with Gasteiger partial charge in [-0.15, -0.1) is 0 Å². The maximum absolute atomic E-state index is 13.3. The summed E-state index contributed by atoms with van der Waals surface area (Å²) in [6.07, 6.45) is 3.01. The van der Waals surface area contributed by atoms with E-state index >= 15 is 0 Å². The van der Waals surface area contributed by atoms with Crippen LogP contribution in [0.2, 0.25) is 0 Å². The number of aromatic amines is 1. The third-order valence-electron chi connectivity index (χ3n) is 6.48. The van der Waals surface area contributed by atoms with Gasteiger partial charge >= 0.3 is 0 Å². The number of hydrogen-bond acceptors (Lipinski definition) is 6. The summed E-state index contributed by atoms with van der Waals surface area (Å²) in [6, 6.07) is 13.3. The molecule has 2 aromatic heterocycles. The summed E-state index contributed by atoms with van der Waals surface area (Å²) >= 11 is 0. The van der Waals surface area contributed by atoms with Crippen LogP contribution in [0.4, 0.5) is 5.69 Å². The van der Waals surface area contributed by atoms with E-state index in [4.69, 9.17) is 4.74 Å². The van der Waals surface area contributed by atoms with Crippen molar-refractivity contribution in [3.8, 4) is 11.8 Å². The third-order valence-corrected chi connectivity index (χ3v) is 6.48. The number of amides is 2. The van der Waals surface area contributed by atoms with Gasteiger partial charge in [0.2, 0.25) is 11.5 Å². The van der Waals surface area contributed by atoms with Gasteiger partial charge in [-0.3, -0.25) is 19.4 Å². The molecule has 0 radical (unpaired) electrons. The summed E-state index contributed by atoms with van der Waals surface area (Å²) in [6.45, 7) is 0.377. The van der Waals surface area contributed by atoms with Crippen molar-refractivity contribution >= 4 is 17.5 Å². The van der Waals surface area contributed by atoms with Crippen LogP contribution in [0.3, 0.4) is 0 Å². The van der Waals surface area contributed by atoms with Gasteiger partial charge < -0.3 is 25.0 Å². The van der Waals surface area contributed by atoms with Crippen LogP contribution in [-0.2, 0) is 22.4 Å². The van der Waals surface area contributed by atoms with Gasteiger partial charge in [0.25, 0.3) is 5.91 Å². The highest BCUT2D eigenvalue weighted by Gasteiger charge is 2.34. The standard InChI is InChI=1S/C28H26N4O5/c1-32-24-15-18(9-11-28(36)16-37-17-28)5-6-20(24)7-8-22(27(32)35)31-26(34)23-14-19(10-12-29-23)13-21-3-2-4-25(33)30-21/h2-6,10,12,14-15,22,36H,7-8,13,16-17H2,1H3,(H,30,33)(H,31,34). The van der Waals surface area contributed by atoms with Gasteiger partial charge in [0, 0.05) is 42.7 Å². The highest BCUT2D eigenvalue weighted by Crippen LogP contribution is 2.27. The lowest BCUT2D eigenvalue weighted by Gasteiger charge is -2.30. The number of fused-ring (bicyclic) bond motifs is 1. The number of nitrogens with zero attached hydrogens (tertiary/aromatic N) is 2. The quantitative estimate of drug-likeness (QED) is 0.464. The van der Waals surface area contributed by atoms with Crippen molar-refractivity contribution in [1.29, 1.82) is 0 Å². The molecular weight excluding hydrogens is 472 g/mol. The average molecular weight is 499 g/mol. The maximum Gasteiger partial charge on any atom is 0.270 e. The smallest absolute Gasteiger partial charge is 0.270 e. The first kappa shape index (κ1) is 24.4. The number of hydrogen-bond donors (Lipinski definition) is 3. The number of likely N-dealkylation sites (N-methyl/N-ethyl adjacent to an activating group) is 1. The molecule has 9 nitrogen and oxygen atoms in total. The molecule has 0 spiro atoms. The van der Waals surface area contributed by atoms with E-state index in [9.17, 15) is 19.5 Å². The van der Waals surface area contributed by atoms with Gasteiger partial charge in [-0.2, -0.15) is 0 Å². The zero-order chi connectivity index (χ0) is 26.0. The molecule has 0 aliphatic carbocycles. The fourth-order valence-electron chi connectivity index (χ4n) is 4.39. The van der Waals surface area contributed by atoms with Crippen molar-refractivity contribution < 1.29 is 19.4 Å². The molecule has 0 saturated carbocycles. The Labute approximate surface area is 213 Å². The van der Waals surface area contributed by atoms with Gasteiger partial charge in [0.05, 0.1) is 13.2 Å². The van der Waals surface area contributed by atoms with Gasteiger partial charge in [-0.1, -0.05) is 24.0 Å².